The summed E-state index contributed by atoms with van der Waals surface area (Å²) in [4.78, 5) is 37.6. The number of nitro groups is 1. The van der Waals surface area contributed by atoms with Gasteiger partial charge in [0.1, 0.15) is 0 Å². The second-order valence-corrected chi connectivity index (χ2v) is 6.14. The molecule has 8 heteroatoms. The quantitative estimate of drug-likeness (QED) is 0.644. The number of nitrogens with zero attached hydrogens (tertiary/aromatic N) is 2. The number of ether oxygens (including phenoxy) is 1. The Kier molecular flexibility index (Phi) is 5.35. The van der Waals surface area contributed by atoms with Crippen LogP contribution in [0.1, 0.15) is 33.6 Å². The summed E-state index contributed by atoms with van der Waals surface area (Å²) in [7, 11) is 1.32. The molecular formula is C19H19N3O5. The zero-order valence-electron chi connectivity index (χ0n) is 14.8. The molecule has 1 N–H and O–H groups in total. The maximum atomic E-state index is 12.7. The molecule has 1 heterocycles. The summed E-state index contributed by atoms with van der Waals surface area (Å²) in [6.07, 6.45) is 1.94. The van der Waals surface area contributed by atoms with Crippen LogP contribution in [0.3, 0.4) is 0 Å². The number of carbonyl (C=O) groups excluding carboxylic acids is 2. The standard InChI is InChI=1S/C19H19N3O5/c1-27-17-9-8-13(12-16(17)22(25)26)18(23)20-15-7-3-2-6-14(15)19(24)21-10-4-5-11-21/h2-3,6-9,12H,4-5,10-11H2,1H3,(H,20,23). The Balaban J connectivity index is 1.85. The van der Waals surface area contributed by atoms with E-state index in [0.29, 0.717) is 24.3 Å². The summed E-state index contributed by atoms with van der Waals surface area (Å²) in [5.74, 6) is -0.604. The summed E-state index contributed by atoms with van der Waals surface area (Å²) in [5, 5.41) is 13.8. The predicted octanol–water partition coefficient (Wildman–Crippen LogP) is 3.09. The van der Waals surface area contributed by atoms with Crippen LogP contribution in [-0.2, 0) is 0 Å². The molecule has 8 nitrogen and oxygen atoms in total. The molecule has 1 saturated heterocycles. The molecule has 0 atom stereocenters. The highest BCUT2D eigenvalue weighted by molar-refractivity contribution is 6.09. The molecule has 0 unspecified atom stereocenters. The highest BCUT2D eigenvalue weighted by atomic mass is 16.6. The van der Waals surface area contributed by atoms with Crippen molar-refractivity contribution in [2.45, 2.75) is 12.8 Å². The molecular weight excluding hydrogens is 350 g/mol. The van der Waals surface area contributed by atoms with E-state index in [2.05, 4.69) is 5.32 Å². The Morgan fingerprint density at radius 1 is 1.15 bits per heavy atom. The van der Waals surface area contributed by atoms with Gasteiger partial charge in [-0.2, -0.15) is 0 Å². The van der Waals surface area contributed by atoms with Crippen molar-refractivity contribution in [1.82, 2.24) is 4.90 Å². The van der Waals surface area contributed by atoms with Crippen LogP contribution in [0.15, 0.2) is 42.5 Å². The summed E-state index contributed by atoms with van der Waals surface area (Å²) >= 11 is 0. The van der Waals surface area contributed by atoms with Crippen LogP contribution in [0.4, 0.5) is 11.4 Å². The number of carbonyl (C=O) groups is 2. The van der Waals surface area contributed by atoms with E-state index < -0.39 is 10.8 Å². The first-order chi connectivity index (χ1) is 13.0. The van der Waals surface area contributed by atoms with E-state index in [1.807, 2.05) is 0 Å². The van der Waals surface area contributed by atoms with Gasteiger partial charge in [0, 0.05) is 24.7 Å². The third kappa shape index (κ3) is 3.89. The lowest BCUT2D eigenvalue weighted by atomic mass is 10.1. The van der Waals surface area contributed by atoms with Gasteiger partial charge >= 0.3 is 5.69 Å². The molecule has 0 spiro atoms. The summed E-state index contributed by atoms with van der Waals surface area (Å²) < 4.78 is 4.94. The highest BCUT2D eigenvalue weighted by Gasteiger charge is 2.23. The van der Waals surface area contributed by atoms with Crippen molar-refractivity contribution in [3.8, 4) is 5.75 Å². The number of para-hydroxylation sites is 1. The number of nitrogens with one attached hydrogen (secondary N) is 1. The number of hydrogen-bond donors (Lipinski definition) is 1. The molecule has 1 fully saturated rings. The number of nitro benzene ring substituents is 1. The number of benzene rings is 2. The van der Waals surface area contributed by atoms with E-state index in [0.717, 1.165) is 18.9 Å². The monoisotopic (exact) mass is 369 g/mol. The van der Waals surface area contributed by atoms with Crippen LogP contribution in [0, 0.1) is 10.1 Å². The number of anilines is 1. The Hall–Kier alpha value is -3.42. The zero-order chi connectivity index (χ0) is 19.4. The van der Waals surface area contributed by atoms with Gasteiger partial charge in [-0.3, -0.25) is 19.7 Å². The molecule has 2 aromatic carbocycles. The fourth-order valence-corrected chi connectivity index (χ4v) is 3.04. The Bertz CT molecular complexity index is 891. The Morgan fingerprint density at radius 2 is 1.85 bits per heavy atom. The molecule has 2 aromatic rings. The van der Waals surface area contributed by atoms with E-state index in [1.165, 1.54) is 19.2 Å². The largest absolute Gasteiger partial charge is 0.490 e. The Labute approximate surface area is 155 Å². The minimum Gasteiger partial charge on any atom is -0.490 e. The topological polar surface area (TPSA) is 102 Å². The number of methoxy groups -OCH3 is 1. The van der Waals surface area contributed by atoms with Crippen LogP contribution in [0.25, 0.3) is 0 Å². The number of hydrogen-bond acceptors (Lipinski definition) is 5. The number of rotatable bonds is 5. The molecule has 1 aliphatic rings. The van der Waals surface area contributed by atoms with E-state index in [9.17, 15) is 19.7 Å². The lowest BCUT2D eigenvalue weighted by Gasteiger charge is -2.18. The molecule has 0 radical (unpaired) electrons. The van der Waals surface area contributed by atoms with Crippen molar-refractivity contribution < 1.29 is 19.2 Å². The fraction of sp³-hybridized carbons (Fsp3) is 0.263. The first-order valence-electron chi connectivity index (χ1n) is 8.53. The van der Waals surface area contributed by atoms with Gasteiger partial charge in [0.25, 0.3) is 11.8 Å². The zero-order valence-corrected chi connectivity index (χ0v) is 14.8. The third-order valence-electron chi connectivity index (χ3n) is 4.44. The summed E-state index contributed by atoms with van der Waals surface area (Å²) in [5.41, 5.74) is 0.575. The SMILES string of the molecule is COc1ccc(C(=O)Nc2ccccc2C(=O)N2CCCC2)cc1[N+](=O)[O-]. The van der Waals surface area contributed by atoms with Crippen molar-refractivity contribution in [2.75, 3.05) is 25.5 Å². The van der Waals surface area contributed by atoms with Crippen LogP contribution in [-0.4, -0.2) is 41.8 Å². The van der Waals surface area contributed by atoms with Crippen LogP contribution in [0.5, 0.6) is 5.75 Å². The van der Waals surface area contributed by atoms with Gasteiger partial charge in [-0.15, -0.1) is 0 Å². The lowest BCUT2D eigenvalue weighted by Crippen LogP contribution is -2.28. The van der Waals surface area contributed by atoms with Gasteiger partial charge < -0.3 is 15.0 Å². The molecule has 140 valence electrons. The number of likely N-dealkylation sites (tertiary alicyclic amines) is 1. The second kappa shape index (κ2) is 7.86. The van der Waals surface area contributed by atoms with Gasteiger partial charge in [-0.25, -0.2) is 0 Å². The second-order valence-electron chi connectivity index (χ2n) is 6.14. The van der Waals surface area contributed by atoms with Gasteiger partial charge in [0.05, 0.1) is 23.3 Å². The van der Waals surface area contributed by atoms with E-state index in [-0.39, 0.29) is 22.9 Å². The van der Waals surface area contributed by atoms with Gasteiger partial charge in [-0.1, -0.05) is 12.1 Å². The smallest absolute Gasteiger partial charge is 0.311 e. The molecule has 2 amide bonds. The summed E-state index contributed by atoms with van der Waals surface area (Å²) in [6.45, 7) is 1.40. The highest BCUT2D eigenvalue weighted by Crippen LogP contribution is 2.28. The molecule has 1 aliphatic heterocycles. The van der Waals surface area contributed by atoms with Crippen molar-refractivity contribution in [2.24, 2.45) is 0 Å². The molecule has 27 heavy (non-hydrogen) atoms. The molecule has 0 aliphatic carbocycles. The Morgan fingerprint density at radius 3 is 2.52 bits per heavy atom. The fourth-order valence-electron chi connectivity index (χ4n) is 3.04. The average molecular weight is 369 g/mol. The van der Waals surface area contributed by atoms with Crippen molar-refractivity contribution in [3.05, 3.63) is 63.7 Å². The molecule has 0 aromatic heterocycles. The summed E-state index contributed by atoms with van der Waals surface area (Å²) in [6, 6.07) is 10.7. The van der Waals surface area contributed by atoms with E-state index in [1.54, 1.807) is 29.2 Å². The van der Waals surface area contributed by atoms with Crippen LogP contribution >= 0.6 is 0 Å². The van der Waals surface area contributed by atoms with Crippen LogP contribution in [0.2, 0.25) is 0 Å². The van der Waals surface area contributed by atoms with Gasteiger partial charge in [-0.05, 0) is 37.1 Å². The third-order valence-corrected chi connectivity index (χ3v) is 4.44. The predicted molar refractivity (Wildman–Crippen MR) is 99.2 cm³/mol. The maximum Gasteiger partial charge on any atom is 0.311 e. The van der Waals surface area contributed by atoms with Crippen molar-refractivity contribution in [3.63, 3.8) is 0 Å². The molecule has 0 bridgehead atoms. The van der Waals surface area contributed by atoms with Crippen LogP contribution < -0.4 is 10.1 Å². The van der Waals surface area contributed by atoms with Gasteiger partial charge in [0.15, 0.2) is 5.75 Å². The molecule has 3 rings (SSSR count). The normalized spacial score (nSPS) is 13.3. The van der Waals surface area contributed by atoms with Gasteiger partial charge in [0.2, 0.25) is 0 Å². The first kappa shape index (κ1) is 18.4. The van der Waals surface area contributed by atoms with E-state index in [4.69, 9.17) is 4.74 Å². The minimum atomic E-state index is -0.611. The minimum absolute atomic E-state index is 0.0705. The maximum absolute atomic E-state index is 12.7. The van der Waals surface area contributed by atoms with E-state index >= 15 is 0 Å². The average Bonchev–Trinajstić information content (AvgIpc) is 3.22. The molecule has 0 saturated carbocycles. The lowest BCUT2D eigenvalue weighted by molar-refractivity contribution is -0.385. The first-order valence-corrected chi connectivity index (χ1v) is 8.53. The van der Waals surface area contributed by atoms with Crippen molar-refractivity contribution in [1.29, 1.82) is 0 Å². The van der Waals surface area contributed by atoms with Crippen molar-refractivity contribution >= 4 is 23.2 Å². The number of amides is 2.